The highest BCUT2D eigenvalue weighted by Crippen LogP contribution is 2.13. The summed E-state index contributed by atoms with van der Waals surface area (Å²) in [6.07, 6.45) is 4.01. The second kappa shape index (κ2) is 9.43. The third-order valence-electron chi connectivity index (χ3n) is 3.53. The Hall–Kier alpha value is -2.87. The molecule has 0 spiro atoms. The lowest BCUT2D eigenvalue weighted by atomic mass is 10.1. The third-order valence-corrected chi connectivity index (χ3v) is 3.53. The lowest BCUT2D eigenvalue weighted by Gasteiger charge is -2.05. The van der Waals surface area contributed by atoms with E-state index in [1.54, 1.807) is 13.3 Å². The first-order chi connectivity index (χ1) is 12.1. The van der Waals surface area contributed by atoms with Crippen LogP contribution in [0, 0.1) is 0 Å². The minimum atomic E-state index is -0.169. The number of ether oxygens (including phenoxy) is 1. The summed E-state index contributed by atoms with van der Waals surface area (Å²) in [5.74, 6) is -0.301. The summed E-state index contributed by atoms with van der Waals surface area (Å²) in [7, 11) is 1.57. The summed E-state index contributed by atoms with van der Waals surface area (Å²) in [4.78, 5) is 23.7. The molecule has 1 aromatic carbocycles. The number of hydrogen-bond acceptors (Lipinski definition) is 5. The molecule has 2 aromatic rings. The number of aryl methyl sites for hydroxylation is 1. The fraction of sp³-hybridized carbons (Fsp3) is 0.353. The highest BCUT2D eigenvalue weighted by atomic mass is 16.5. The molecule has 0 fully saturated rings. The number of amides is 2. The molecule has 8 heteroatoms. The Kier molecular flexibility index (Phi) is 6.97. The summed E-state index contributed by atoms with van der Waals surface area (Å²) in [5.41, 5.74) is 8.04. The predicted octanol–water partition coefficient (Wildman–Crippen LogP) is 0.799. The molecule has 0 aliphatic heterocycles. The van der Waals surface area contributed by atoms with Gasteiger partial charge >= 0.3 is 0 Å². The normalized spacial score (nSPS) is 10.4. The van der Waals surface area contributed by atoms with E-state index in [0.29, 0.717) is 37.4 Å². The zero-order valence-corrected chi connectivity index (χ0v) is 14.2. The molecule has 25 heavy (non-hydrogen) atoms. The quantitative estimate of drug-likeness (QED) is 0.460. The second-order valence-corrected chi connectivity index (χ2v) is 5.52. The van der Waals surface area contributed by atoms with E-state index in [-0.39, 0.29) is 18.4 Å². The van der Waals surface area contributed by atoms with E-state index in [1.165, 1.54) is 10.9 Å². The van der Waals surface area contributed by atoms with Crippen molar-refractivity contribution in [2.45, 2.75) is 19.4 Å². The molecule has 0 saturated carbocycles. The largest absolute Gasteiger partial charge is 0.399 e. The maximum atomic E-state index is 12.0. The van der Waals surface area contributed by atoms with E-state index < -0.39 is 0 Å². The fourth-order valence-corrected chi connectivity index (χ4v) is 2.24. The lowest BCUT2D eigenvalue weighted by molar-refractivity contribution is -0.122. The molecule has 4 N–H and O–H groups in total. The van der Waals surface area contributed by atoms with Gasteiger partial charge in [-0.15, -0.1) is 0 Å². The van der Waals surface area contributed by atoms with Gasteiger partial charge in [-0.05, 0) is 18.1 Å². The van der Waals surface area contributed by atoms with Crippen molar-refractivity contribution in [3.05, 3.63) is 42.2 Å². The molecule has 2 rings (SSSR count). The molecular formula is C17H23N5O3. The fourth-order valence-electron chi connectivity index (χ4n) is 2.24. The second-order valence-electron chi connectivity index (χ2n) is 5.52. The standard InChI is InChI=1S/C17H23N5O3/c1-25-9-8-19-17(24)12-22-11-14(10-20-22)21-16(23)7-6-13-4-2-3-5-15(13)18/h2-5,10-11H,6-9,12,18H2,1H3,(H,19,24)(H,21,23). The van der Waals surface area contributed by atoms with Crippen LogP contribution in [0.1, 0.15) is 12.0 Å². The molecule has 1 aromatic heterocycles. The molecule has 0 unspecified atom stereocenters. The molecule has 8 nitrogen and oxygen atoms in total. The van der Waals surface area contributed by atoms with Crippen LogP contribution >= 0.6 is 0 Å². The molecule has 2 amide bonds. The van der Waals surface area contributed by atoms with Crippen LogP contribution in [0.2, 0.25) is 0 Å². The molecule has 0 bridgehead atoms. The van der Waals surface area contributed by atoms with Gasteiger partial charge in [0.25, 0.3) is 0 Å². The summed E-state index contributed by atoms with van der Waals surface area (Å²) >= 11 is 0. The number of aromatic nitrogens is 2. The average molecular weight is 345 g/mol. The van der Waals surface area contributed by atoms with Crippen molar-refractivity contribution in [1.82, 2.24) is 15.1 Å². The average Bonchev–Trinajstić information content (AvgIpc) is 3.01. The van der Waals surface area contributed by atoms with Gasteiger partial charge in [0.2, 0.25) is 11.8 Å². The van der Waals surface area contributed by atoms with Gasteiger partial charge in [0, 0.05) is 32.0 Å². The zero-order valence-electron chi connectivity index (χ0n) is 14.2. The Morgan fingerprint density at radius 1 is 1.28 bits per heavy atom. The smallest absolute Gasteiger partial charge is 0.241 e. The number of nitrogen functional groups attached to an aromatic ring is 1. The minimum Gasteiger partial charge on any atom is -0.399 e. The Morgan fingerprint density at radius 3 is 2.84 bits per heavy atom. The number of benzene rings is 1. The summed E-state index contributed by atoms with van der Waals surface area (Å²) < 4.78 is 6.33. The van der Waals surface area contributed by atoms with E-state index in [4.69, 9.17) is 10.5 Å². The van der Waals surface area contributed by atoms with Crippen molar-refractivity contribution in [3.63, 3.8) is 0 Å². The van der Waals surface area contributed by atoms with Gasteiger partial charge in [0.15, 0.2) is 0 Å². The molecule has 0 radical (unpaired) electrons. The van der Waals surface area contributed by atoms with Gasteiger partial charge in [0.05, 0.1) is 18.5 Å². The molecule has 0 saturated heterocycles. The summed E-state index contributed by atoms with van der Waals surface area (Å²) in [6.45, 7) is 0.987. The van der Waals surface area contributed by atoms with Gasteiger partial charge < -0.3 is 21.1 Å². The monoisotopic (exact) mass is 345 g/mol. The SMILES string of the molecule is COCCNC(=O)Cn1cc(NC(=O)CCc2ccccc2N)cn1. The Labute approximate surface area is 146 Å². The van der Waals surface area contributed by atoms with Crippen LogP contribution in [0.25, 0.3) is 0 Å². The van der Waals surface area contributed by atoms with Crippen LogP contribution in [0.4, 0.5) is 11.4 Å². The number of nitrogens with one attached hydrogen (secondary N) is 2. The van der Waals surface area contributed by atoms with Crippen molar-refractivity contribution < 1.29 is 14.3 Å². The van der Waals surface area contributed by atoms with Crippen LogP contribution in [-0.4, -0.2) is 41.9 Å². The summed E-state index contributed by atoms with van der Waals surface area (Å²) in [5, 5.41) is 9.52. The van der Waals surface area contributed by atoms with Crippen molar-refractivity contribution in [3.8, 4) is 0 Å². The van der Waals surface area contributed by atoms with Crippen molar-refractivity contribution in [2.24, 2.45) is 0 Å². The number of para-hydroxylation sites is 1. The predicted molar refractivity (Wildman–Crippen MR) is 94.9 cm³/mol. The highest BCUT2D eigenvalue weighted by molar-refractivity contribution is 5.90. The first-order valence-corrected chi connectivity index (χ1v) is 8.00. The molecule has 0 aliphatic carbocycles. The van der Waals surface area contributed by atoms with Gasteiger partial charge in [-0.2, -0.15) is 5.10 Å². The lowest BCUT2D eigenvalue weighted by Crippen LogP contribution is -2.30. The third kappa shape index (κ3) is 6.27. The Bertz CT molecular complexity index is 714. The van der Waals surface area contributed by atoms with E-state index in [9.17, 15) is 9.59 Å². The van der Waals surface area contributed by atoms with E-state index >= 15 is 0 Å². The highest BCUT2D eigenvalue weighted by Gasteiger charge is 2.08. The van der Waals surface area contributed by atoms with E-state index in [1.807, 2.05) is 24.3 Å². The number of nitrogens with two attached hydrogens (primary N) is 1. The number of hydrogen-bond donors (Lipinski definition) is 3. The van der Waals surface area contributed by atoms with E-state index in [0.717, 1.165) is 5.56 Å². The number of carbonyl (C=O) groups is 2. The topological polar surface area (TPSA) is 111 Å². The van der Waals surface area contributed by atoms with Crippen LogP contribution in [0.15, 0.2) is 36.7 Å². The Balaban J connectivity index is 1.77. The first kappa shape index (κ1) is 18.5. The maximum Gasteiger partial charge on any atom is 0.241 e. The first-order valence-electron chi connectivity index (χ1n) is 8.00. The number of nitrogens with zero attached hydrogens (tertiary/aromatic N) is 2. The number of methoxy groups -OCH3 is 1. The number of anilines is 2. The number of rotatable bonds is 9. The van der Waals surface area contributed by atoms with Crippen LogP contribution in [-0.2, 0) is 27.3 Å². The van der Waals surface area contributed by atoms with E-state index in [2.05, 4.69) is 15.7 Å². The van der Waals surface area contributed by atoms with Crippen LogP contribution in [0.3, 0.4) is 0 Å². The molecule has 0 aliphatic rings. The maximum absolute atomic E-state index is 12.0. The van der Waals surface area contributed by atoms with Crippen LogP contribution < -0.4 is 16.4 Å². The van der Waals surface area contributed by atoms with Crippen molar-refractivity contribution in [2.75, 3.05) is 31.3 Å². The van der Waals surface area contributed by atoms with Gasteiger partial charge in [0.1, 0.15) is 6.54 Å². The van der Waals surface area contributed by atoms with Crippen LogP contribution in [0.5, 0.6) is 0 Å². The van der Waals surface area contributed by atoms with Crippen molar-refractivity contribution >= 4 is 23.2 Å². The van der Waals surface area contributed by atoms with Gasteiger partial charge in [-0.1, -0.05) is 18.2 Å². The summed E-state index contributed by atoms with van der Waals surface area (Å²) in [6, 6.07) is 7.47. The van der Waals surface area contributed by atoms with Gasteiger partial charge in [-0.25, -0.2) is 0 Å². The molecule has 0 atom stereocenters. The van der Waals surface area contributed by atoms with Gasteiger partial charge in [-0.3, -0.25) is 14.3 Å². The molecule has 1 heterocycles. The molecule has 134 valence electrons. The zero-order chi connectivity index (χ0) is 18.1. The minimum absolute atomic E-state index is 0.0835. The molecular weight excluding hydrogens is 322 g/mol. The Morgan fingerprint density at radius 2 is 2.08 bits per heavy atom. The van der Waals surface area contributed by atoms with Crippen molar-refractivity contribution in [1.29, 1.82) is 0 Å². The number of carbonyl (C=O) groups excluding carboxylic acids is 2.